The van der Waals surface area contributed by atoms with E-state index in [4.69, 9.17) is 21.1 Å². The van der Waals surface area contributed by atoms with E-state index in [1.807, 2.05) is 38.1 Å². The van der Waals surface area contributed by atoms with Gasteiger partial charge in [-0.25, -0.2) is 4.98 Å². The molecule has 0 aliphatic carbocycles. The number of aromatic nitrogens is 1. The number of ether oxygens (including phenoxy) is 2. The predicted molar refractivity (Wildman–Crippen MR) is 115 cm³/mol. The van der Waals surface area contributed by atoms with E-state index in [0.29, 0.717) is 30.2 Å². The number of nitrogens with one attached hydrogen (secondary N) is 2. The van der Waals surface area contributed by atoms with Crippen LogP contribution in [-0.4, -0.2) is 30.0 Å². The number of benzene rings is 2. The van der Waals surface area contributed by atoms with Gasteiger partial charge in [-0.1, -0.05) is 42.8 Å². The van der Waals surface area contributed by atoms with Crippen LogP contribution in [0.3, 0.4) is 0 Å². The van der Waals surface area contributed by atoms with Gasteiger partial charge in [-0.15, -0.1) is 0 Å². The van der Waals surface area contributed by atoms with Gasteiger partial charge < -0.3 is 9.47 Å². The number of hydrazine groups is 1. The van der Waals surface area contributed by atoms with Crippen molar-refractivity contribution in [3.05, 3.63) is 64.8 Å². The highest BCUT2D eigenvalue weighted by molar-refractivity contribution is 6.32. The molecular formula is C22H22ClN3O4. The maximum Gasteiger partial charge on any atom is 0.288 e. The Hall–Kier alpha value is -3.32. The summed E-state index contributed by atoms with van der Waals surface area (Å²) in [5, 5.41) is 1.17. The van der Waals surface area contributed by atoms with Crippen molar-refractivity contribution in [1.82, 2.24) is 15.8 Å². The van der Waals surface area contributed by atoms with Crippen molar-refractivity contribution < 1.29 is 19.1 Å². The van der Waals surface area contributed by atoms with Gasteiger partial charge in [0.15, 0.2) is 11.5 Å². The normalized spacial score (nSPS) is 10.5. The van der Waals surface area contributed by atoms with Gasteiger partial charge in [0.25, 0.3) is 11.8 Å². The Morgan fingerprint density at radius 1 is 1.00 bits per heavy atom. The van der Waals surface area contributed by atoms with Crippen LogP contribution < -0.4 is 20.3 Å². The molecule has 0 bridgehead atoms. The van der Waals surface area contributed by atoms with E-state index >= 15 is 0 Å². The Balaban J connectivity index is 1.72. The summed E-state index contributed by atoms with van der Waals surface area (Å²) in [6.45, 7) is 4.65. The zero-order valence-electron chi connectivity index (χ0n) is 16.7. The molecule has 7 nitrogen and oxygen atoms in total. The molecule has 8 heteroatoms. The Labute approximate surface area is 179 Å². The number of carbonyl (C=O) groups excluding carboxylic acids is 2. The van der Waals surface area contributed by atoms with Crippen LogP contribution >= 0.6 is 11.6 Å². The average Bonchev–Trinajstić information content (AvgIpc) is 2.76. The molecule has 3 rings (SSSR count). The van der Waals surface area contributed by atoms with E-state index in [2.05, 4.69) is 15.8 Å². The van der Waals surface area contributed by atoms with Gasteiger partial charge >= 0.3 is 0 Å². The monoisotopic (exact) mass is 427 g/mol. The zero-order valence-corrected chi connectivity index (χ0v) is 17.5. The fourth-order valence-electron chi connectivity index (χ4n) is 2.75. The highest BCUT2D eigenvalue weighted by Crippen LogP contribution is 2.36. The van der Waals surface area contributed by atoms with Crippen LogP contribution in [0, 0.1) is 0 Å². The molecule has 0 fully saturated rings. The number of hydrogen-bond acceptors (Lipinski definition) is 5. The van der Waals surface area contributed by atoms with E-state index in [1.165, 1.54) is 12.1 Å². The molecule has 0 radical (unpaired) electrons. The van der Waals surface area contributed by atoms with E-state index in [-0.39, 0.29) is 16.3 Å². The fraction of sp³-hybridized carbons (Fsp3) is 0.227. The number of halogens is 1. The van der Waals surface area contributed by atoms with Crippen LogP contribution in [0.1, 0.15) is 41.1 Å². The van der Waals surface area contributed by atoms with Crippen molar-refractivity contribution in [3.8, 4) is 11.5 Å². The number of nitrogens with zero attached hydrogens (tertiary/aromatic N) is 1. The summed E-state index contributed by atoms with van der Waals surface area (Å²) in [4.78, 5) is 29.2. The smallest absolute Gasteiger partial charge is 0.288 e. The average molecular weight is 428 g/mol. The lowest BCUT2D eigenvalue weighted by atomic mass is 10.2. The minimum atomic E-state index is -0.547. The zero-order chi connectivity index (χ0) is 21.5. The predicted octanol–water partition coefficient (Wildman–Crippen LogP) is 4.15. The minimum Gasteiger partial charge on any atom is -0.490 e. The van der Waals surface area contributed by atoms with Crippen molar-refractivity contribution in [2.45, 2.75) is 20.3 Å². The second-order valence-corrected chi connectivity index (χ2v) is 6.77. The molecule has 0 unspecified atom stereocenters. The molecule has 2 N–H and O–H groups in total. The quantitative estimate of drug-likeness (QED) is 0.553. The van der Waals surface area contributed by atoms with E-state index < -0.39 is 11.8 Å². The second kappa shape index (κ2) is 9.93. The van der Waals surface area contributed by atoms with Crippen molar-refractivity contribution in [1.29, 1.82) is 0 Å². The lowest BCUT2D eigenvalue weighted by Crippen LogP contribution is -2.42. The van der Waals surface area contributed by atoms with E-state index in [0.717, 1.165) is 11.8 Å². The number of pyridine rings is 1. The highest BCUT2D eigenvalue weighted by atomic mass is 35.5. The minimum absolute atomic E-state index is 0.186. The third-order valence-corrected chi connectivity index (χ3v) is 4.42. The van der Waals surface area contributed by atoms with Gasteiger partial charge in [-0.05, 0) is 37.6 Å². The van der Waals surface area contributed by atoms with E-state index in [9.17, 15) is 9.59 Å². The molecule has 2 aromatic carbocycles. The Morgan fingerprint density at radius 2 is 1.77 bits per heavy atom. The summed E-state index contributed by atoms with van der Waals surface area (Å²) in [7, 11) is 0. The van der Waals surface area contributed by atoms with Crippen molar-refractivity contribution >= 4 is 34.3 Å². The first-order chi connectivity index (χ1) is 14.5. The molecule has 0 atom stereocenters. The van der Waals surface area contributed by atoms with Gasteiger partial charge in [-0.2, -0.15) is 0 Å². The molecule has 0 saturated carbocycles. The molecule has 0 aliphatic rings. The summed E-state index contributed by atoms with van der Waals surface area (Å²) in [6, 6.07) is 13.8. The third-order valence-electron chi connectivity index (χ3n) is 4.14. The molecular weight excluding hydrogens is 406 g/mol. The standard InChI is InChI=1S/C22H22ClN3O4/c1-3-11-30-20-16(23)12-15(13-19(20)29-4-2)21(27)25-26-22(28)18-10-9-14-7-5-6-8-17(14)24-18/h5-10,12-13H,3-4,11H2,1-2H3,(H,25,27)(H,26,28). The SMILES string of the molecule is CCCOc1c(Cl)cc(C(=O)NNC(=O)c2ccc3ccccc3n2)cc1OCC. The summed E-state index contributed by atoms with van der Waals surface area (Å²) < 4.78 is 11.2. The lowest BCUT2D eigenvalue weighted by molar-refractivity contribution is 0.0844. The van der Waals surface area contributed by atoms with Gasteiger partial charge in [0.05, 0.1) is 23.8 Å². The fourth-order valence-corrected chi connectivity index (χ4v) is 3.01. The van der Waals surface area contributed by atoms with Crippen molar-refractivity contribution in [3.63, 3.8) is 0 Å². The molecule has 2 amide bonds. The first kappa shape index (κ1) is 21.4. The molecule has 0 saturated heterocycles. The third kappa shape index (κ3) is 4.99. The summed E-state index contributed by atoms with van der Waals surface area (Å²) in [5.74, 6) is -0.324. The number of hydrogen-bond donors (Lipinski definition) is 2. The Bertz CT molecular complexity index is 1070. The van der Waals surface area contributed by atoms with Crippen LogP contribution in [0.25, 0.3) is 10.9 Å². The first-order valence-electron chi connectivity index (χ1n) is 9.59. The molecule has 0 spiro atoms. The Morgan fingerprint density at radius 3 is 2.53 bits per heavy atom. The Kier molecular flexibility index (Phi) is 7.08. The van der Waals surface area contributed by atoms with Crippen LogP contribution in [0.4, 0.5) is 0 Å². The van der Waals surface area contributed by atoms with Gasteiger partial charge in [0.1, 0.15) is 5.69 Å². The maximum absolute atomic E-state index is 12.5. The van der Waals surface area contributed by atoms with Crippen molar-refractivity contribution in [2.75, 3.05) is 13.2 Å². The van der Waals surface area contributed by atoms with Gasteiger partial charge in [0.2, 0.25) is 0 Å². The summed E-state index contributed by atoms with van der Waals surface area (Å²) in [6.07, 6.45) is 0.805. The molecule has 1 aromatic heterocycles. The van der Waals surface area contributed by atoms with Crippen molar-refractivity contribution in [2.24, 2.45) is 0 Å². The van der Waals surface area contributed by atoms with Crippen LogP contribution in [0.2, 0.25) is 5.02 Å². The number of rotatable bonds is 7. The molecule has 1 heterocycles. The molecule has 0 aliphatic heterocycles. The largest absolute Gasteiger partial charge is 0.490 e. The van der Waals surface area contributed by atoms with Crippen LogP contribution in [0.5, 0.6) is 11.5 Å². The second-order valence-electron chi connectivity index (χ2n) is 6.36. The van der Waals surface area contributed by atoms with E-state index in [1.54, 1.807) is 12.1 Å². The topological polar surface area (TPSA) is 89.6 Å². The highest BCUT2D eigenvalue weighted by Gasteiger charge is 2.17. The maximum atomic E-state index is 12.5. The van der Waals surface area contributed by atoms with Gasteiger partial charge in [-0.3, -0.25) is 20.4 Å². The number of fused-ring (bicyclic) bond motifs is 1. The van der Waals surface area contributed by atoms with Crippen LogP contribution in [0.15, 0.2) is 48.5 Å². The lowest BCUT2D eigenvalue weighted by Gasteiger charge is -2.15. The van der Waals surface area contributed by atoms with Gasteiger partial charge in [0, 0.05) is 10.9 Å². The summed E-state index contributed by atoms with van der Waals surface area (Å²) in [5.41, 5.74) is 5.83. The molecule has 156 valence electrons. The molecule has 3 aromatic rings. The first-order valence-corrected chi connectivity index (χ1v) is 9.96. The van der Waals surface area contributed by atoms with Crippen LogP contribution in [-0.2, 0) is 0 Å². The summed E-state index contributed by atoms with van der Waals surface area (Å²) >= 11 is 6.28. The number of amides is 2. The number of para-hydroxylation sites is 1. The molecule has 30 heavy (non-hydrogen) atoms. The number of carbonyl (C=O) groups is 2.